The van der Waals surface area contributed by atoms with Gasteiger partial charge in [0.1, 0.15) is 6.17 Å². The molecule has 64 valence electrons. The first-order valence-corrected chi connectivity index (χ1v) is 3.83. The number of hydrogen-bond donors (Lipinski definition) is 0. The summed E-state index contributed by atoms with van der Waals surface area (Å²) >= 11 is 0. The van der Waals surface area contributed by atoms with Gasteiger partial charge >= 0.3 is 0 Å². The van der Waals surface area contributed by atoms with E-state index in [0.29, 0.717) is 6.17 Å². The molecule has 1 aliphatic heterocycles. The second-order valence-electron chi connectivity index (χ2n) is 2.92. The van der Waals surface area contributed by atoms with Crippen LogP contribution in [0.5, 0.6) is 0 Å². The largest absolute Gasteiger partial charge is 0.355 e. The molecule has 0 saturated carbocycles. The first kappa shape index (κ1) is 8.40. The summed E-state index contributed by atoms with van der Waals surface area (Å²) in [4.78, 5) is 7.40. The molecule has 0 aromatic carbocycles. The Morgan fingerprint density at radius 3 is 2.00 bits per heavy atom. The summed E-state index contributed by atoms with van der Waals surface area (Å²) in [6.07, 6.45) is 0.319. The number of hydrogen-bond acceptors (Lipinski definition) is 3. The maximum Gasteiger partial charge on any atom is 0.124 e. The fourth-order valence-electron chi connectivity index (χ4n) is 1.42. The van der Waals surface area contributed by atoms with E-state index in [-0.39, 0.29) is 0 Å². The standard InChI is InChI=1S/C8H16N2O/c1-6-7(2)10(11-5)8(3)9(6)4/h8H,1-5H3. The van der Waals surface area contributed by atoms with Crippen molar-refractivity contribution >= 4 is 0 Å². The van der Waals surface area contributed by atoms with Crippen LogP contribution in [0.25, 0.3) is 0 Å². The monoisotopic (exact) mass is 156 g/mol. The van der Waals surface area contributed by atoms with Crippen LogP contribution in [-0.4, -0.2) is 30.3 Å². The van der Waals surface area contributed by atoms with Gasteiger partial charge in [-0.3, -0.25) is 4.84 Å². The molecule has 0 spiro atoms. The van der Waals surface area contributed by atoms with Crippen LogP contribution in [0.15, 0.2) is 11.4 Å². The molecule has 0 saturated heterocycles. The molecular formula is C8H16N2O. The topological polar surface area (TPSA) is 15.7 Å². The second kappa shape index (κ2) is 2.74. The van der Waals surface area contributed by atoms with Crippen molar-refractivity contribution in [1.29, 1.82) is 0 Å². The molecule has 0 amide bonds. The molecule has 0 aromatic heterocycles. The van der Waals surface area contributed by atoms with Crippen molar-refractivity contribution in [2.75, 3.05) is 14.2 Å². The molecule has 3 nitrogen and oxygen atoms in total. The molecule has 0 N–H and O–H groups in total. The third kappa shape index (κ3) is 1.09. The fraction of sp³-hybridized carbons (Fsp3) is 0.750. The smallest absolute Gasteiger partial charge is 0.124 e. The lowest BCUT2D eigenvalue weighted by Gasteiger charge is -2.26. The van der Waals surface area contributed by atoms with E-state index in [2.05, 4.69) is 32.7 Å². The van der Waals surface area contributed by atoms with Gasteiger partial charge in [-0.25, -0.2) is 5.06 Å². The minimum Gasteiger partial charge on any atom is -0.355 e. The summed E-state index contributed by atoms with van der Waals surface area (Å²) < 4.78 is 0. The Balaban J connectivity index is 2.86. The minimum atomic E-state index is 0.319. The molecular weight excluding hydrogens is 140 g/mol. The summed E-state index contributed by atoms with van der Waals surface area (Å²) in [6, 6.07) is 0. The highest BCUT2D eigenvalue weighted by molar-refractivity contribution is 5.12. The van der Waals surface area contributed by atoms with E-state index in [1.54, 1.807) is 7.11 Å². The third-order valence-electron chi connectivity index (χ3n) is 2.48. The van der Waals surface area contributed by atoms with Gasteiger partial charge in [-0.15, -0.1) is 0 Å². The van der Waals surface area contributed by atoms with Crippen LogP contribution < -0.4 is 0 Å². The zero-order chi connectivity index (χ0) is 8.59. The zero-order valence-electron chi connectivity index (χ0n) is 7.88. The number of rotatable bonds is 1. The molecule has 0 bridgehead atoms. The Hall–Kier alpha value is -0.700. The lowest BCUT2D eigenvalue weighted by molar-refractivity contribution is -0.139. The van der Waals surface area contributed by atoms with E-state index in [1.807, 2.05) is 5.06 Å². The molecule has 1 unspecified atom stereocenters. The first-order chi connectivity index (χ1) is 5.09. The minimum absolute atomic E-state index is 0.319. The maximum absolute atomic E-state index is 5.21. The molecule has 0 aromatic rings. The van der Waals surface area contributed by atoms with Crippen molar-refractivity contribution < 1.29 is 4.84 Å². The van der Waals surface area contributed by atoms with Crippen LogP contribution in [0, 0.1) is 0 Å². The van der Waals surface area contributed by atoms with Crippen LogP contribution in [0.4, 0.5) is 0 Å². The SMILES string of the molecule is CON1C(C)=C(C)N(C)C1C. The van der Waals surface area contributed by atoms with E-state index >= 15 is 0 Å². The van der Waals surface area contributed by atoms with Gasteiger partial charge in [-0.2, -0.15) is 0 Å². The fourth-order valence-corrected chi connectivity index (χ4v) is 1.42. The van der Waals surface area contributed by atoms with Gasteiger partial charge in [0.2, 0.25) is 0 Å². The summed E-state index contributed by atoms with van der Waals surface area (Å²) in [7, 11) is 3.77. The summed E-state index contributed by atoms with van der Waals surface area (Å²) in [5.74, 6) is 0. The molecule has 11 heavy (non-hydrogen) atoms. The summed E-state index contributed by atoms with van der Waals surface area (Å²) in [6.45, 7) is 6.28. The lowest BCUT2D eigenvalue weighted by atomic mass is 10.4. The average molecular weight is 156 g/mol. The van der Waals surface area contributed by atoms with E-state index < -0.39 is 0 Å². The van der Waals surface area contributed by atoms with Crippen molar-refractivity contribution in [3.05, 3.63) is 11.4 Å². The third-order valence-corrected chi connectivity index (χ3v) is 2.48. The van der Waals surface area contributed by atoms with Crippen LogP contribution in [0.3, 0.4) is 0 Å². The van der Waals surface area contributed by atoms with Crippen molar-refractivity contribution in [2.24, 2.45) is 0 Å². The van der Waals surface area contributed by atoms with Gasteiger partial charge < -0.3 is 4.90 Å². The van der Waals surface area contributed by atoms with Crippen LogP contribution in [-0.2, 0) is 4.84 Å². The Kier molecular flexibility index (Phi) is 2.09. The first-order valence-electron chi connectivity index (χ1n) is 3.83. The van der Waals surface area contributed by atoms with Gasteiger partial charge in [0, 0.05) is 12.7 Å². The lowest BCUT2D eigenvalue weighted by Crippen LogP contribution is -2.34. The molecule has 1 aliphatic rings. The molecule has 1 atom stereocenters. The van der Waals surface area contributed by atoms with Gasteiger partial charge in [0.15, 0.2) is 0 Å². The van der Waals surface area contributed by atoms with Crippen LogP contribution in [0.2, 0.25) is 0 Å². The van der Waals surface area contributed by atoms with Crippen molar-refractivity contribution in [3.8, 4) is 0 Å². The highest BCUT2D eigenvalue weighted by atomic mass is 16.7. The zero-order valence-corrected chi connectivity index (χ0v) is 7.88. The average Bonchev–Trinajstić information content (AvgIpc) is 2.17. The molecule has 3 heteroatoms. The highest BCUT2D eigenvalue weighted by Crippen LogP contribution is 2.26. The van der Waals surface area contributed by atoms with Gasteiger partial charge in [-0.05, 0) is 20.8 Å². The normalized spacial score (nSPS) is 25.4. The quantitative estimate of drug-likeness (QED) is 0.570. The Labute approximate surface area is 68.2 Å². The predicted molar refractivity (Wildman–Crippen MR) is 44.4 cm³/mol. The Morgan fingerprint density at radius 2 is 1.82 bits per heavy atom. The molecule has 0 radical (unpaired) electrons. The van der Waals surface area contributed by atoms with E-state index in [4.69, 9.17) is 4.84 Å². The Bertz CT molecular complexity index is 189. The van der Waals surface area contributed by atoms with Gasteiger partial charge in [0.25, 0.3) is 0 Å². The number of nitrogens with zero attached hydrogens (tertiary/aromatic N) is 2. The maximum atomic E-state index is 5.21. The van der Waals surface area contributed by atoms with Gasteiger partial charge in [-0.1, -0.05) is 0 Å². The number of hydroxylamine groups is 2. The highest BCUT2D eigenvalue weighted by Gasteiger charge is 2.27. The van der Waals surface area contributed by atoms with Crippen LogP contribution >= 0.6 is 0 Å². The Morgan fingerprint density at radius 1 is 1.27 bits per heavy atom. The molecule has 1 heterocycles. The summed E-state index contributed by atoms with van der Waals surface area (Å²) in [5.41, 5.74) is 2.47. The molecule has 0 fully saturated rings. The summed E-state index contributed by atoms with van der Waals surface area (Å²) in [5, 5.41) is 1.91. The molecule has 1 rings (SSSR count). The van der Waals surface area contributed by atoms with E-state index in [0.717, 1.165) is 0 Å². The second-order valence-corrected chi connectivity index (χ2v) is 2.92. The predicted octanol–water partition coefficient (Wildman–Crippen LogP) is 1.39. The van der Waals surface area contributed by atoms with Crippen LogP contribution in [0.1, 0.15) is 20.8 Å². The van der Waals surface area contributed by atoms with Crippen molar-refractivity contribution in [2.45, 2.75) is 26.9 Å². The number of allylic oxidation sites excluding steroid dienone is 2. The van der Waals surface area contributed by atoms with E-state index in [9.17, 15) is 0 Å². The van der Waals surface area contributed by atoms with Crippen molar-refractivity contribution in [3.63, 3.8) is 0 Å². The molecule has 0 aliphatic carbocycles. The van der Waals surface area contributed by atoms with E-state index in [1.165, 1.54) is 11.4 Å². The van der Waals surface area contributed by atoms with Gasteiger partial charge in [0.05, 0.1) is 12.8 Å². The van der Waals surface area contributed by atoms with Crippen molar-refractivity contribution in [1.82, 2.24) is 9.96 Å².